The summed E-state index contributed by atoms with van der Waals surface area (Å²) in [6, 6.07) is 6.13. The van der Waals surface area contributed by atoms with Gasteiger partial charge in [-0.15, -0.1) is 0 Å². The topological polar surface area (TPSA) is 74.8 Å². The van der Waals surface area contributed by atoms with E-state index in [9.17, 15) is 14.0 Å². The second kappa shape index (κ2) is 7.81. The number of amides is 1. The molecule has 138 valence electrons. The third-order valence-corrected chi connectivity index (χ3v) is 5.09. The molecule has 2 aromatic rings. The smallest absolute Gasteiger partial charge is 0.254 e. The van der Waals surface area contributed by atoms with Gasteiger partial charge in [-0.3, -0.25) is 9.59 Å². The van der Waals surface area contributed by atoms with Crippen molar-refractivity contribution in [3.63, 3.8) is 0 Å². The highest BCUT2D eigenvalue weighted by atomic mass is 19.1. The molecule has 5 nitrogen and oxygen atoms in total. The maximum Gasteiger partial charge on any atom is 0.254 e. The van der Waals surface area contributed by atoms with Gasteiger partial charge in [-0.2, -0.15) is 0 Å². The summed E-state index contributed by atoms with van der Waals surface area (Å²) >= 11 is 0. The average molecular weight is 357 g/mol. The number of benzene rings is 1. The van der Waals surface area contributed by atoms with Crippen molar-refractivity contribution >= 4 is 5.91 Å². The molecule has 3 rings (SSSR count). The third-order valence-electron chi connectivity index (χ3n) is 5.09. The number of hydrogen-bond donors (Lipinski definition) is 2. The standard InChI is InChI=1S/C20H24FN3O2/c1-12-17(20(26)23-13(2)22-12)11-18(25)24-19(14-5-3-4-6-14)15-7-9-16(21)10-8-15/h7-10,14,19H,3-6,11H2,1-2H3,(H,24,25)(H,22,23,26)/t19-/m1/s1. The molecular weight excluding hydrogens is 333 g/mol. The van der Waals surface area contributed by atoms with Gasteiger partial charge >= 0.3 is 0 Å². The largest absolute Gasteiger partial charge is 0.349 e. The van der Waals surface area contributed by atoms with Crippen molar-refractivity contribution in [1.29, 1.82) is 0 Å². The summed E-state index contributed by atoms with van der Waals surface area (Å²) < 4.78 is 13.3. The molecule has 1 aromatic heterocycles. The molecule has 1 aromatic carbocycles. The van der Waals surface area contributed by atoms with Crippen LogP contribution in [0.15, 0.2) is 29.1 Å². The molecule has 1 aliphatic carbocycles. The van der Waals surface area contributed by atoms with Crippen LogP contribution < -0.4 is 10.9 Å². The molecule has 0 spiro atoms. The molecule has 1 amide bonds. The van der Waals surface area contributed by atoms with Crippen LogP contribution in [0.3, 0.4) is 0 Å². The Bertz CT molecular complexity index is 839. The van der Waals surface area contributed by atoms with Crippen LogP contribution in [0.5, 0.6) is 0 Å². The Morgan fingerprint density at radius 1 is 1.27 bits per heavy atom. The first-order chi connectivity index (χ1) is 12.4. The Morgan fingerprint density at radius 2 is 1.92 bits per heavy atom. The van der Waals surface area contributed by atoms with Gasteiger partial charge in [0.15, 0.2) is 0 Å². The summed E-state index contributed by atoms with van der Waals surface area (Å²) in [6.07, 6.45) is 4.33. The van der Waals surface area contributed by atoms with E-state index in [2.05, 4.69) is 15.3 Å². The SMILES string of the molecule is Cc1nc(C)c(CC(=O)N[C@@H](c2ccc(F)cc2)C2CCCC2)c(=O)[nH]1. The minimum atomic E-state index is -0.293. The van der Waals surface area contributed by atoms with E-state index in [-0.39, 0.29) is 29.7 Å². The van der Waals surface area contributed by atoms with Crippen molar-refractivity contribution in [1.82, 2.24) is 15.3 Å². The fourth-order valence-electron chi connectivity index (χ4n) is 3.78. The van der Waals surface area contributed by atoms with Crippen molar-refractivity contribution in [3.8, 4) is 0 Å². The number of carbonyl (C=O) groups is 1. The first-order valence-electron chi connectivity index (χ1n) is 9.05. The molecule has 0 unspecified atom stereocenters. The molecule has 1 fully saturated rings. The summed E-state index contributed by atoms with van der Waals surface area (Å²) in [5.41, 5.74) is 1.58. The number of nitrogens with one attached hydrogen (secondary N) is 2. The van der Waals surface area contributed by atoms with Crippen molar-refractivity contribution in [2.24, 2.45) is 5.92 Å². The van der Waals surface area contributed by atoms with E-state index in [1.54, 1.807) is 26.0 Å². The van der Waals surface area contributed by atoms with Gasteiger partial charge in [-0.1, -0.05) is 25.0 Å². The van der Waals surface area contributed by atoms with Gasteiger partial charge in [0.25, 0.3) is 5.56 Å². The predicted octanol–water partition coefficient (Wildman–Crippen LogP) is 3.12. The summed E-state index contributed by atoms with van der Waals surface area (Å²) in [7, 11) is 0. The highest BCUT2D eigenvalue weighted by Crippen LogP contribution is 2.35. The van der Waals surface area contributed by atoms with Crippen molar-refractivity contribution < 1.29 is 9.18 Å². The van der Waals surface area contributed by atoms with E-state index >= 15 is 0 Å². The van der Waals surface area contributed by atoms with Gasteiger partial charge in [-0.05, 0) is 50.3 Å². The Labute approximate surface area is 152 Å². The lowest BCUT2D eigenvalue weighted by atomic mass is 9.91. The lowest BCUT2D eigenvalue weighted by Gasteiger charge is -2.25. The lowest BCUT2D eigenvalue weighted by Crippen LogP contribution is -2.35. The molecule has 2 N–H and O–H groups in total. The monoisotopic (exact) mass is 357 g/mol. The lowest BCUT2D eigenvalue weighted by molar-refractivity contribution is -0.121. The van der Waals surface area contributed by atoms with Crippen LogP contribution in [0.1, 0.15) is 54.4 Å². The minimum absolute atomic E-state index is 0.0150. The molecule has 1 heterocycles. The average Bonchev–Trinajstić information content (AvgIpc) is 3.11. The van der Waals surface area contributed by atoms with E-state index < -0.39 is 0 Å². The minimum Gasteiger partial charge on any atom is -0.349 e. The zero-order chi connectivity index (χ0) is 18.7. The van der Waals surface area contributed by atoms with Crippen LogP contribution >= 0.6 is 0 Å². The van der Waals surface area contributed by atoms with E-state index in [0.717, 1.165) is 31.2 Å². The van der Waals surface area contributed by atoms with E-state index in [1.165, 1.54) is 12.1 Å². The van der Waals surface area contributed by atoms with E-state index in [4.69, 9.17) is 0 Å². The van der Waals surface area contributed by atoms with Crippen molar-refractivity contribution in [2.45, 2.75) is 52.0 Å². The molecule has 1 saturated carbocycles. The molecule has 6 heteroatoms. The first-order valence-corrected chi connectivity index (χ1v) is 9.05. The van der Waals surface area contributed by atoms with Crippen LogP contribution in [-0.2, 0) is 11.2 Å². The van der Waals surface area contributed by atoms with Gasteiger partial charge in [0.05, 0.1) is 12.5 Å². The van der Waals surface area contributed by atoms with Crippen LogP contribution in [0.4, 0.5) is 4.39 Å². The third kappa shape index (κ3) is 4.18. The number of rotatable bonds is 5. The number of carbonyl (C=O) groups excluding carboxylic acids is 1. The molecular formula is C20H24FN3O2. The number of hydrogen-bond acceptors (Lipinski definition) is 3. The maximum absolute atomic E-state index is 13.3. The van der Waals surface area contributed by atoms with Gasteiger partial charge in [0.1, 0.15) is 11.6 Å². The normalized spacial score (nSPS) is 15.8. The van der Waals surface area contributed by atoms with Gasteiger partial charge in [-0.25, -0.2) is 9.37 Å². The Hall–Kier alpha value is -2.50. The molecule has 0 saturated heterocycles. The van der Waals surface area contributed by atoms with Gasteiger partial charge in [0, 0.05) is 11.3 Å². The van der Waals surface area contributed by atoms with Crippen LogP contribution in [0.25, 0.3) is 0 Å². The van der Waals surface area contributed by atoms with E-state index in [1.807, 2.05) is 0 Å². The number of nitrogens with zero attached hydrogens (tertiary/aromatic N) is 1. The van der Waals surface area contributed by atoms with Gasteiger partial charge in [0.2, 0.25) is 5.91 Å². The first kappa shape index (κ1) is 18.3. The number of H-pyrrole nitrogens is 1. The van der Waals surface area contributed by atoms with Crippen LogP contribution in [-0.4, -0.2) is 15.9 Å². The number of aromatic nitrogens is 2. The fourth-order valence-corrected chi connectivity index (χ4v) is 3.78. The van der Waals surface area contributed by atoms with Gasteiger partial charge < -0.3 is 10.3 Å². The summed E-state index contributed by atoms with van der Waals surface area (Å²) in [4.78, 5) is 31.6. The van der Waals surface area contributed by atoms with Crippen LogP contribution in [0.2, 0.25) is 0 Å². The zero-order valence-corrected chi connectivity index (χ0v) is 15.1. The summed E-state index contributed by atoms with van der Waals surface area (Å²) in [6.45, 7) is 3.45. The molecule has 0 bridgehead atoms. The summed E-state index contributed by atoms with van der Waals surface area (Å²) in [5.74, 6) is 0.357. The molecule has 1 atom stereocenters. The van der Waals surface area contributed by atoms with Crippen molar-refractivity contribution in [2.75, 3.05) is 0 Å². The zero-order valence-electron chi connectivity index (χ0n) is 15.1. The molecule has 0 aliphatic heterocycles. The van der Waals surface area contributed by atoms with E-state index in [0.29, 0.717) is 23.0 Å². The highest BCUT2D eigenvalue weighted by Gasteiger charge is 2.28. The quantitative estimate of drug-likeness (QED) is 0.863. The maximum atomic E-state index is 13.3. The molecule has 0 radical (unpaired) electrons. The Kier molecular flexibility index (Phi) is 5.49. The number of aryl methyl sites for hydroxylation is 2. The predicted molar refractivity (Wildman–Crippen MR) is 97.3 cm³/mol. The Morgan fingerprint density at radius 3 is 2.54 bits per heavy atom. The second-order valence-electron chi connectivity index (χ2n) is 7.03. The summed E-state index contributed by atoms with van der Waals surface area (Å²) in [5, 5.41) is 3.07. The van der Waals surface area contributed by atoms with Crippen LogP contribution in [0, 0.1) is 25.6 Å². The molecule has 1 aliphatic rings. The fraction of sp³-hybridized carbons (Fsp3) is 0.450. The second-order valence-corrected chi connectivity index (χ2v) is 7.03. The Balaban J connectivity index is 1.79. The van der Waals surface area contributed by atoms with Crippen molar-refractivity contribution in [3.05, 3.63) is 63.1 Å². The number of aromatic amines is 1. The highest BCUT2D eigenvalue weighted by molar-refractivity contribution is 5.79. The molecule has 26 heavy (non-hydrogen) atoms. The number of halogens is 1.